The molecule has 0 aliphatic carbocycles. The number of likely N-dealkylation sites (N-methyl/N-ethyl adjacent to an activating group) is 1. The quantitative estimate of drug-likeness (QED) is 0.643. The van der Waals surface area contributed by atoms with Crippen LogP contribution in [-0.2, 0) is 0 Å². The summed E-state index contributed by atoms with van der Waals surface area (Å²) in [7, 11) is 3.94. The monoisotopic (exact) mass is 389 g/mol. The largest absolute Gasteiger partial charge is 0.349 e. The summed E-state index contributed by atoms with van der Waals surface area (Å²) in [6.07, 6.45) is 0. The number of hydrogen-bond acceptors (Lipinski definition) is 5. The van der Waals surface area contributed by atoms with E-state index < -0.39 is 0 Å². The highest BCUT2D eigenvalue weighted by Gasteiger charge is 2.14. The number of rotatable bonds is 7. The zero-order valence-electron chi connectivity index (χ0n) is 17.4. The Hall–Kier alpha value is -3.25. The van der Waals surface area contributed by atoms with E-state index in [1.807, 2.05) is 61.5 Å². The number of amides is 1. The number of nitrogens with one attached hydrogen (secondary N) is 2. The van der Waals surface area contributed by atoms with Gasteiger partial charge in [0.2, 0.25) is 0 Å². The highest BCUT2D eigenvalue weighted by molar-refractivity contribution is 5.93. The molecule has 0 aliphatic heterocycles. The summed E-state index contributed by atoms with van der Waals surface area (Å²) in [4.78, 5) is 23.9. The lowest BCUT2D eigenvalue weighted by molar-refractivity contribution is 0.0946. The third-order valence-corrected chi connectivity index (χ3v) is 4.70. The van der Waals surface area contributed by atoms with Crippen LogP contribution in [0.25, 0.3) is 11.4 Å². The normalized spacial score (nSPS) is 10.8. The molecule has 1 heterocycles. The summed E-state index contributed by atoms with van der Waals surface area (Å²) in [6, 6.07) is 17.4. The van der Waals surface area contributed by atoms with Crippen LogP contribution in [0.1, 0.15) is 21.6 Å². The second kappa shape index (κ2) is 9.30. The van der Waals surface area contributed by atoms with Crippen LogP contribution in [0, 0.1) is 13.8 Å². The number of anilines is 2. The minimum Gasteiger partial charge on any atom is -0.349 e. The van der Waals surface area contributed by atoms with Crippen molar-refractivity contribution in [1.82, 2.24) is 20.2 Å². The minimum atomic E-state index is -0.213. The van der Waals surface area contributed by atoms with Gasteiger partial charge in [0.25, 0.3) is 5.91 Å². The molecule has 150 valence electrons. The molecule has 0 atom stereocenters. The lowest BCUT2D eigenvalue weighted by Crippen LogP contribution is -2.32. The fraction of sp³-hybridized carbons (Fsp3) is 0.261. The number of hydrogen-bond donors (Lipinski definition) is 2. The van der Waals surface area contributed by atoms with Crippen LogP contribution < -0.4 is 10.6 Å². The number of carbonyl (C=O) groups is 1. The zero-order valence-corrected chi connectivity index (χ0v) is 17.4. The molecule has 0 saturated heterocycles. The van der Waals surface area contributed by atoms with Gasteiger partial charge in [-0.05, 0) is 45.1 Å². The smallest absolute Gasteiger partial charge is 0.270 e. The van der Waals surface area contributed by atoms with Crippen molar-refractivity contribution >= 4 is 17.4 Å². The zero-order chi connectivity index (χ0) is 20.8. The lowest BCUT2D eigenvalue weighted by Gasteiger charge is -2.14. The van der Waals surface area contributed by atoms with E-state index in [2.05, 4.69) is 40.5 Å². The van der Waals surface area contributed by atoms with Crippen LogP contribution in [0.4, 0.5) is 11.5 Å². The first-order valence-corrected chi connectivity index (χ1v) is 9.64. The molecule has 3 aromatic rings. The van der Waals surface area contributed by atoms with Gasteiger partial charge >= 0.3 is 0 Å². The van der Waals surface area contributed by atoms with Crippen LogP contribution in [0.5, 0.6) is 0 Å². The van der Waals surface area contributed by atoms with E-state index in [4.69, 9.17) is 0 Å². The molecule has 1 aromatic heterocycles. The molecular formula is C23H27N5O. The molecule has 2 N–H and O–H groups in total. The predicted octanol–water partition coefficient (Wildman–Crippen LogP) is 3.80. The number of carbonyl (C=O) groups excluding carboxylic acids is 1. The third-order valence-electron chi connectivity index (χ3n) is 4.70. The topological polar surface area (TPSA) is 70.2 Å². The Balaban J connectivity index is 1.94. The van der Waals surface area contributed by atoms with Gasteiger partial charge < -0.3 is 15.5 Å². The Labute approximate surface area is 172 Å². The first kappa shape index (κ1) is 20.5. The van der Waals surface area contributed by atoms with E-state index in [0.717, 1.165) is 23.4 Å². The average Bonchev–Trinajstić information content (AvgIpc) is 2.71. The van der Waals surface area contributed by atoms with Crippen molar-refractivity contribution in [3.63, 3.8) is 0 Å². The van der Waals surface area contributed by atoms with Crippen molar-refractivity contribution in [3.05, 3.63) is 71.4 Å². The van der Waals surface area contributed by atoms with E-state index in [9.17, 15) is 4.79 Å². The van der Waals surface area contributed by atoms with Crippen molar-refractivity contribution in [2.45, 2.75) is 13.8 Å². The molecule has 0 radical (unpaired) electrons. The van der Waals surface area contributed by atoms with Gasteiger partial charge in [0, 0.05) is 30.4 Å². The molecule has 0 fully saturated rings. The van der Waals surface area contributed by atoms with Gasteiger partial charge in [0.15, 0.2) is 5.82 Å². The maximum Gasteiger partial charge on any atom is 0.270 e. The maximum absolute atomic E-state index is 12.7. The Morgan fingerprint density at radius 3 is 2.48 bits per heavy atom. The molecule has 1 amide bonds. The minimum absolute atomic E-state index is 0.213. The van der Waals surface area contributed by atoms with Crippen LogP contribution in [-0.4, -0.2) is 48.0 Å². The summed E-state index contributed by atoms with van der Waals surface area (Å²) < 4.78 is 0. The van der Waals surface area contributed by atoms with E-state index in [1.165, 1.54) is 5.56 Å². The van der Waals surface area contributed by atoms with Gasteiger partial charge in [-0.25, -0.2) is 9.97 Å². The van der Waals surface area contributed by atoms with Gasteiger partial charge in [0.1, 0.15) is 11.5 Å². The van der Waals surface area contributed by atoms with Crippen LogP contribution in [0.15, 0.2) is 54.6 Å². The molecule has 0 bridgehead atoms. The Kier molecular flexibility index (Phi) is 6.57. The first-order chi connectivity index (χ1) is 13.9. The molecular weight excluding hydrogens is 362 g/mol. The highest BCUT2D eigenvalue weighted by atomic mass is 16.1. The number of benzene rings is 2. The van der Waals surface area contributed by atoms with Crippen molar-refractivity contribution in [2.75, 3.05) is 32.5 Å². The molecule has 6 nitrogen and oxygen atoms in total. The summed E-state index contributed by atoms with van der Waals surface area (Å²) in [6.45, 7) is 5.44. The van der Waals surface area contributed by atoms with Crippen molar-refractivity contribution in [3.8, 4) is 11.4 Å². The fourth-order valence-electron chi connectivity index (χ4n) is 2.85. The molecule has 0 aliphatic rings. The van der Waals surface area contributed by atoms with E-state index in [0.29, 0.717) is 23.9 Å². The second-order valence-corrected chi connectivity index (χ2v) is 7.26. The summed E-state index contributed by atoms with van der Waals surface area (Å²) in [5.74, 6) is 0.888. The highest BCUT2D eigenvalue weighted by Crippen LogP contribution is 2.24. The lowest BCUT2D eigenvalue weighted by atomic mass is 10.1. The van der Waals surface area contributed by atoms with Crippen molar-refractivity contribution in [2.24, 2.45) is 0 Å². The molecule has 3 rings (SSSR count). The van der Waals surface area contributed by atoms with Gasteiger partial charge in [-0.2, -0.15) is 0 Å². The molecule has 6 heteroatoms. The van der Waals surface area contributed by atoms with Crippen LogP contribution in [0.2, 0.25) is 0 Å². The number of aromatic nitrogens is 2. The van der Waals surface area contributed by atoms with Crippen molar-refractivity contribution < 1.29 is 4.79 Å². The fourth-order valence-corrected chi connectivity index (χ4v) is 2.85. The SMILES string of the molecule is Cc1cccc(Nc2cc(C(=O)NCCN(C)C)nc(-c3ccccc3)n2)c1C. The Bertz CT molecular complexity index is 986. The summed E-state index contributed by atoms with van der Waals surface area (Å²) in [5.41, 5.74) is 4.49. The summed E-state index contributed by atoms with van der Waals surface area (Å²) >= 11 is 0. The average molecular weight is 390 g/mol. The Morgan fingerprint density at radius 1 is 1.00 bits per heavy atom. The summed E-state index contributed by atoms with van der Waals surface area (Å²) in [5, 5.41) is 6.28. The molecule has 2 aromatic carbocycles. The second-order valence-electron chi connectivity index (χ2n) is 7.26. The predicted molar refractivity (Wildman–Crippen MR) is 118 cm³/mol. The molecule has 0 unspecified atom stereocenters. The molecule has 0 spiro atoms. The standard InChI is InChI=1S/C23H27N5O/c1-16-9-8-12-19(17(16)2)25-21-15-20(23(29)24-13-14-28(3)4)26-22(27-21)18-10-6-5-7-11-18/h5-12,15H,13-14H2,1-4H3,(H,24,29)(H,25,26,27). The first-order valence-electron chi connectivity index (χ1n) is 9.64. The van der Waals surface area contributed by atoms with Gasteiger partial charge in [-0.15, -0.1) is 0 Å². The van der Waals surface area contributed by atoms with Gasteiger partial charge in [-0.1, -0.05) is 42.5 Å². The van der Waals surface area contributed by atoms with E-state index >= 15 is 0 Å². The van der Waals surface area contributed by atoms with Gasteiger partial charge in [-0.3, -0.25) is 4.79 Å². The van der Waals surface area contributed by atoms with Gasteiger partial charge in [0.05, 0.1) is 0 Å². The van der Waals surface area contributed by atoms with E-state index in [1.54, 1.807) is 6.07 Å². The van der Waals surface area contributed by atoms with E-state index in [-0.39, 0.29) is 5.91 Å². The Morgan fingerprint density at radius 2 is 1.76 bits per heavy atom. The van der Waals surface area contributed by atoms with Crippen molar-refractivity contribution in [1.29, 1.82) is 0 Å². The third kappa shape index (κ3) is 5.39. The molecule has 0 saturated carbocycles. The maximum atomic E-state index is 12.7. The van der Waals surface area contributed by atoms with Crippen LogP contribution >= 0.6 is 0 Å². The van der Waals surface area contributed by atoms with Crippen LogP contribution in [0.3, 0.4) is 0 Å². The number of nitrogens with zero attached hydrogens (tertiary/aromatic N) is 3. The number of aryl methyl sites for hydroxylation is 1. The molecule has 29 heavy (non-hydrogen) atoms.